The molecule has 1 aliphatic heterocycles. The highest BCUT2D eigenvalue weighted by atomic mass is 16.5. The number of aromatic nitrogens is 4. The molecule has 1 saturated heterocycles. The van der Waals surface area contributed by atoms with E-state index in [0.717, 1.165) is 5.69 Å². The molecular formula is C13H16N6O2. The largest absolute Gasteiger partial charge is 0.379 e. The maximum Gasteiger partial charge on any atom is 0.231 e. The second-order valence-electron chi connectivity index (χ2n) is 4.80. The Labute approximate surface area is 121 Å². The fourth-order valence-electron chi connectivity index (χ4n) is 2.37. The number of hydrogen-bond donors (Lipinski definition) is 2. The van der Waals surface area contributed by atoms with Crippen LogP contribution in [0.2, 0.25) is 0 Å². The molecule has 21 heavy (non-hydrogen) atoms. The van der Waals surface area contributed by atoms with E-state index in [1.807, 2.05) is 31.3 Å². The number of amides is 1. The van der Waals surface area contributed by atoms with Crippen molar-refractivity contribution in [3.63, 3.8) is 0 Å². The van der Waals surface area contributed by atoms with Crippen LogP contribution in [-0.2, 0) is 9.53 Å². The van der Waals surface area contributed by atoms with Crippen molar-refractivity contribution in [1.82, 2.24) is 25.5 Å². The molecule has 2 heterocycles. The van der Waals surface area contributed by atoms with Gasteiger partial charge in [0.25, 0.3) is 0 Å². The SMILES string of the molecule is CNC1COCC1C(=O)Nc1ccccc1-n1cnnn1. The second-order valence-corrected chi connectivity index (χ2v) is 4.80. The van der Waals surface area contributed by atoms with Crippen LogP contribution in [-0.4, -0.2) is 52.4 Å². The number of hydrogen-bond acceptors (Lipinski definition) is 6. The van der Waals surface area contributed by atoms with Crippen LogP contribution in [0.4, 0.5) is 5.69 Å². The molecule has 0 saturated carbocycles. The summed E-state index contributed by atoms with van der Waals surface area (Å²) >= 11 is 0. The average molecular weight is 288 g/mol. The van der Waals surface area contributed by atoms with Gasteiger partial charge in [0.15, 0.2) is 0 Å². The molecule has 1 fully saturated rings. The zero-order valence-corrected chi connectivity index (χ0v) is 11.6. The van der Waals surface area contributed by atoms with Crippen LogP contribution >= 0.6 is 0 Å². The van der Waals surface area contributed by atoms with Gasteiger partial charge in [-0.25, -0.2) is 0 Å². The van der Waals surface area contributed by atoms with Gasteiger partial charge < -0.3 is 15.4 Å². The molecule has 1 aromatic heterocycles. The Morgan fingerprint density at radius 3 is 3.00 bits per heavy atom. The molecule has 8 heteroatoms. The molecule has 1 aliphatic rings. The van der Waals surface area contributed by atoms with Gasteiger partial charge in [-0.05, 0) is 29.6 Å². The molecule has 2 unspecified atom stereocenters. The van der Waals surface area contributed by atoms with Gasteiger partial charge in [-0.2, -0.15) is 4.68 Å². The molecule has 1 aromatic carbocycles. The molecule has 0 radical (unpaired) electrons. The highest BCUT2D eigenvalue weighted by molar-refractivity contribution is 5.95. The van der Waals surface area contributed by atoms with Crippen LogP contribution in [0.5, 0.6) is 0 Å². The summed E-state index contributed by atoms with van der Waals surface area (Å²) in [6, 6.07) is 7.41. The summed E-state index contributed by atoms with van der Waals surface area (Å²) in [4.78, 5) is 12.4. The van der Waals surface area contributed by atoms with Crippen molar-refractivity contribution in [2.45, 2.75) is 6.04 Å². The van der Waals surface area contributed by atoms with Crippen LogP contribution in [0, 0.1) is 5.92 Å². The Balaban J connectivity index is 1.81. The van der Waals surface area contributed by atoms with Gasteiger partial charge >= 0.3 is 0 Å². The van der Waals surface area contributed by atoms with Gasteiger partial charge in [-0.15, -0.1) is 5.10 Å². The van der Waals surface area contributed by atoms with E-state index in [2.05, 4.69) is 26.2 Å². The summed E-state index contributed by atoms with van der Waals surface area (Å²) in [5, 5.41) is 17.1. The number of anilines is 1. The minimum atomic E-state index is -0.211. The summed E-state index contributed by atoms with van der Waals surface area (Å²) in [5.74, 6) is -0.288. The number of benzene rings is 1. The van der Waals surface area contributed by atoms with E-state index in [1.165, 1.54) is 11.0 Å². The van der Waals surface area contributed by atoms with Gasteiger partial charge in [-0.1, -0.05) is 12.1 Å². The normalized spacial score (nSPS) is 21.4. The molecule has 0 bridgehead atoms. The predicted molar refractivity (Wildman–Crippen MR) is 74.9 cm³/mol. The minimum absolute atomic E-state index is 0.0326. The zero-order chi connectivity index (χ0) is 14.7. The monoisotopic (exact) mass is 288 g/mol. The first-order valence-electron chi connectivity index (χ1n) is 6.68. The molecule has 0 aliphatic carbocycles. The molecule has 2 N–H and O–H groups in total. The van der Waals surface area contributed by atoms with Gasteiger partial charge in [-0.3, -0.25) is 4.79 Å². The van der Waals surface area contributed by atoms with Crippen molar-refractivity contribution >= 4 is 11.6 Å². The van der Waals surface area contributed by atoms with E-state index in [-0.39, 0.29) is 17.9 Å². The molecule has 8 nitrogen and oxygen atoms in total. The highest BCUT2D eigenvalue weighted by Gasteiger charge is 2.33. The second kappa shape index (κ2) is 5.98. The van der Waals surface area contributed by atoms with E-state index in [9.17, 15) is 4.79 Å². The Morgan fingerprint density at radius 1 is 1.38 bits per heavy atom. The fourth-order valence-corrected chi connectivity index (χ4v) is 2.37. The first kappa shape index (κ1) is 13.7. The van der Waals surface area contributed by atoms with Gasteiger partial charge in [0.2, 0.25) is 5.91 Å². The lowest BCUT2D eigenvalue weighted by Crippen LogP contribution is -2.39. The summed E-state index contributed by atoms with van der Waals surface area (Å²) in [6.45, 7) is 0.966. The number of tetrazole rings is 1. The van der Waals surface area contributed by atoms with Gasteiger partial charge in [0.1, 0.15) is 6.33 Å². The lowest BCUT2D eigenvalue weighted by molar-refractivity contribution is -0.120. The van der Waals surface area contributed by atoms with Crippen LogP contribution in [0.15, 0.2) is 30.6 Å². The third-order valence-corrected chi connectivity index (χ3v) is 3.55. The smallest absolute Gasteiger partial charge is 0.231 e. The van der Waals surface area contributed by atoms with Crippen LogP contribution in [0.3, 0.4) is 0 Å². The van der Waals surface area contributed by atoms with Crippen LogP contribution in [0.25, 0.3) is 5.69 Å². The van der Waals surface area contributed by atoms with E-state index in [1.54, 1.807) is 0 Å². The number of likely N-dealkylation sites (N-methyl/N-ethyl adjacent to an activating group) is 1. The number of para-hydroxylation sites is 2. The lowest BCUT2D eigenvalue weighted by atomic mass is 10.0. The minimum Gasteiger partial charge on any atom is -0.379 e. The topological polar surface area (TPSA) is 94.0 Å². The lowest BCUT2D eigenvalue weighted by Gasteiger charge is -2.17. The Bertz CT molecular complexity index is 615. The average Bonchev–Trinajstić information content (AvgIpc) is 3.19. The number of rotatable bonds is 4. The van der Waals surface area contributed by atoms with Crippen LogP contribution in [0.1, 0.15) is 0 Å². The molecule has 2 atom stereocenters. The van der Waals surface area contributed by atoms with E-state index < -0.39 is 0 Å². The third kappa shape index (κ3) is 2.76. The molecule has 1 amide bonds. The van der Waals surface area contributed by atoms with Crippen molar-refractivity contribution < 1.29 is 9.53 Å². The standard InChI is InChI=1S/C13H16N6O2/c1-14-11-7-21-6-9(11)13(20)16-10-4-2-3-5-12(10)19-8-15-17-18-19/h2-5,8-9,11,14H,6-7H2,1H3,(H,16,20). The number of nitrogens with zero attached hydrogens (tertiary/aromatic N) is 4. The molecule has 110 valence electrons. The summed E-state index contributed by atoms with van der Waals surface area (Å²) in [6.07, 6.45) is 1.49. The van der Waals surface area contributed by atoms with Crippen molar-refractivity contribution in [2.24, 2.45) is 5.92 Å². The Kier molecular flexibility index (Phi) is 3.89. The van der Waals surface area contributed by atoms with Crippen molar-refractivity contribution in [3.8, 4) is 5.69 Å². The first-order valence-corrected chi connectivity index (χ1v) is 6.68. The summed E-state index contributed by atoms with van der Waals surface area (Å²) < 4.78 is 6.87. The quantitative estimate of drug-likeness (QED) is 0.811. The maximum atomic E-state index is 12.4. The van der Waals surface area contributed by atoms with Gasteiger partial charge in [0, 0.05) is 6.04 Å². The first-order chi connectivity index (χ1) is 10.3. The van der Waals surface area contributed by atoms with Crippen molar-refractivity contribution in [3.05, 3.63) is 30.6 Å². The number of ether oxygens (including phenoxy) is 1. The number of carbonyl (C=O) groups is 1. The fraction of sp³-hybridized carbons (Fsp3) is 0.385. The number of carbonyl (C=O) groups excluding carboxylic acids is 1. The van der Waals surface area contributed by atoms with E-state index in [4.69, 9.17) is 4.74 Å². The summed E-state index contributed by atoms with van der Waals surface area (Å²) in [5.41, 5.74) is 1.38. The van der Waals surface area contributed by atoms with Crippen molar-refractivity contribution in [1.29, 1.82) is 0 Å². The van der Waals surface area contributed by atoms with Gasteiger partial charge in [0.05, 0.1) is 30.5 Å². The summed E-state index contributed by atoms with van der Waals surface area (Å²) in [7, 11) is 1.83. The third-order valence-electron chi connectivity index (χ3n) is 3.55. The Morgan fingerprint density at radius 2 is 2.24 bits per heavy atom. The molecular weight excluding hydrogens is 272 g/mol. The number of nitrogens with one attached hydrogen (secondary N) is 2. The highest BCUT2D eigenvalue weighted by Crippen LogP contribution is 2.21. The maximum absolute atomic E-state index is 12.4. The van der Waals surface area contributed by atoms with Crippen molar-refractivity contribution in [2.75, 3.05) is 25.6 Å². The Hall–Kier alpha value is -2.32. The van der Waals surface area contributed by atoms with E-state index in [0.29, 0.717) is 18.9 Å². The molecule has 2 aromatic rings. The zero-order valence-electron chi connectivity index (χ0n) is 11.6. The molecule has 0 spiro atoms. The van der Waals surface area contributed by atoms with Crippen LogP contribution < -0.4 is 10.6 Å². The predicted octanol–water partition coefficient (Wildman–Crippen LogP) is -0.165. The molecule has 3 rings (SSSR count). The van der Waals surface area contributed by atoms with E-state index >= 15 is 0 Å².